The summed E-state index contributed by atoms with van der Waals surface area (Å²) in [7, 11) is 0. The van der Waals surface area contributed by atoms with Crippen LogP contribution in [-0.2, 0) is 4.79 Å². The minimum Gasteiger partial charge on any atom is -0.354 e. The Morgan fingerprint density at radius 1 is 1.23 bits per heavy atom. The van der Waals surface area contributed by atoms with Crippen molar-refractivity contribution in [2.75, 3.05) is 26.2 Å². The zero-order chi connectivity index (χ0) is 15.1. The fraction of sp³-hybridized carbons (Fsp3) is 0.941. The zero-order valence-electron chi connectivity index (χ0n) is 14.1. The van der Waals surface area contributed by atoms with Gasteiger partial charge in [-0.15, -0.1) is 12.4 Å². The van der Waals surface area contributed by atoms with Crippen molar-refractivity contribution in [2.45, 2.75) is 64.3 Å². The monoisotopic (exact) mass is 331 g/mol. The summed E-state index contributed by atoms with van der Waals surface area (Å²) in [6.45, 7) is 6.10. The van der Waals surface area contributed by atoms with Crippen LogP contribution in [0.4, 0.5) is 0 Å². The fourth-order valence-electron chi connectivity index (χ4n) is 4.04. The van der Waals surface area contributed by atoms with Crippen LogP contribution in [0.25, 0.3) is 0 Å². The molecule has 1 heterocycles. The lowest BCUT2D eigenvalue weighted by atomic mass is 9.81. The molecular weight excluding hydrogens is 298 g/mol. The van der Waals surface area contributed by atoms with Gasteiger partial charge in [0.2, 0.25) is 5.91 Å². The molecule has 2 fully saturated rings. The number of nitrogens with two attached hydrogens (primary N) is 1. The maximum atomic E-state index is 11.6. The molecule has 0 aromatic rings. The highest BCUT2D eigenvalue weighted by Crippen LogP contribution is 2.30. The van der Waals surface area contributed by atoms with Crippen molar-refractivity contribution >= 4 is 18.3 Å². The largest absolute Gasteiger partial charge is 0.354 e. The maximum Gasteiger partial charge on any atom is 0.221 e. The number of amides is 1. The average molecular weight is 332 g/mol. The van der Waals surface area contributed by atoms with E-state index in [1.807, 2.05) is 0 Å². The number of likely N-dealkylation sites (tertiary alicyclic amines) is 1. The highest BCUT2D eigenvalue weighted by molar-refractivity contribution is 5.85. The molecule has 130 valence electrons. The second-order valence-corrected chi connectivity index (χ2v) is 7.13. The Morgan fingerprint density at radius 3 is 2.77 bits per heavy atom. The third-order valence-electron chi connectivity index (χ3n) is 5.19. The topological polar surface area (TPSA) is 58.4 Å². The van der Waals surface area contributed by atoms with Gasteiger partial charge in [0, 0.05) is 32.1 Å². The molecule has 1 amide bonds. The molecule has 2 rings (SSSR count). The molecule has 1 saturated carbocycles. The molecule has 3 atom stereocenters. The van der Waals surface area contributed by atoms with Gasteiger partial charge in [-0.1, -0.05) is 26.2 Å². The maximum absolute atomic E-state index is 11.6. The van der Waals surface area contributed by atoms with Crippen LogP contribution in [0.1, 0.15) is 58.3 Å². The first-order valence-electron chi connectivity index (χ1n) is 8.90. The molecular formula is C17H34ClN3O. The van der Waals surface area contributed by atoms with Gasteiger partial charge in [0.25, 0.3) is 0 Å². The van der Waals surface area contributed by atoms with E-state index in [1.165, 1.54) is 58.0 Å². The standard InChI is InChI=1S/C17H33N3O.ClH/c1-14-5-4-6-15(11-14)13-20-10-3-2-7-16(20)12-19-17(21)8-9-18;/h14-16H,2-13,18H2,1H3,(H,19,21);1H. The second-order valence-electron chi connectivity index (χ2n) is 7.13. The van der Waals surface area contributed by atoms with E-state index in [4.69, 9.17) is 5.73 Å². The van der Waals surface area contributed by atoms with Crippen LogP contribution in [0.2, 0.25) is 0 Å². The third kappa shape index (κ3) is 6.43. The number of nitrogens with one attached hydrogen (secondary N) is 1. The summed E-state index contributed by atoms with van der Waals surface area (Å²) in [5, 5.41) is 3.07. The summed E-state index contributed by atoms with van der Waals surface area (Å²) in [5.74, 6) is 1.87. The smallest absolute Gasteiger partial charge is 0.221 e. The average Bonchev–Trinajstić information content (AvgIpc) is 2.47. The number of halogens is 1. The Hall–Kier alpha value is -0.320. The Morgan fingerprint density at radius 2 is 2.05 bits per heavy atom. The van der Waals surface area contributed by atoms with E-state index in [9.17, 15) is 4.79 Å². The van der Waals surface area contributed by atoms with Crippen LogP contribution in [0.5, 0.6) is 0 Å². The van der Waals surface area contributed by atoms with Crippen molar-refractivity contribution in [3.05, 3.63) is 0 Å². The lowest BCUT2D eigenvalue weighted by Crippen LogP contribution is -2.48. The normalized spacial score (nSPS) is 29.6. The van der Waals surface area contributed by atoms with Gasteiger partial charge in [-0.2, -0.15) is 0 Å². The molecule has 22 heavy (non-hydrogen) atoms. The molecule has 4 nitrogen and oxygen atoms in total. The first-order chi connectivity index (χ1) is 10.2. The van der Waals surface area contributed by atoms with Crippen LogP contribution < -0.4 is 11.1 Å². The number of hydrogen-bond acceptors (Lipinski definition) is 3. The van der Waals surface area contributed by atoms with Gasteiger partial charge in [0.15, 0.2) is 0 Å². The molecule has 0 radical (unpaired) electrons. The van der Waals surface area contributed by atoms with Crippen molar-refractivity contribution in [1.29, 1.82) is 0 Å². The number of hydrogen-bond donors (Lipinski definition) is 2. The summed E-state index contributed by atoms with van der Waals surface area (Å²) >= 11 is 0. The quantitative estimate of drug-likeness (QED) is 0.786. The molecule has 5 heteroatoms. The second kappa shape index (κ2) is 10.5. The number of carbonyl (C=O) groups excluding carboxylic acids is 1. The van der Waals surface area contributed by atoms with Crippen molar-refractivity contribution in [1.82, 2.24) is 10.2 Å². The SMILES string of the molecule is CC1CCCC(CN2CCCCC2CNC(=O)CCN)C1.Cl. The summed E-state index contributed by atoms with van der Waals surface area (Å²) in [6.07, 6.45) is 9.89. The van der Waals surface area contributed by atoms with Gasteiger partial charge in [-0.3, -0.25) is 9.69 Å². The van der Waals surface area contributed by atoms with Gasteiger partial charge in [-0.05, 0) is 44.1 Å². The molecule has 0 spiro atoms. The molecule has 0 aromatic carbocycles. The predicted molar refractivity (Wildman–Crippen MR) is 94.3 cm³/mol. The number of carbonyl (C=O) groups is 1. The number of piperidine rings is 1. The Kier molecular flexibility index (Phi) is 9.37. The number of nitrogens with zero attached hydrogens (tertiary/aromatic N) is 1. The van der Waals surface area contributed by atoms with Crippen LogP contribution >= 0.6 is 12.4 Å². The van der Waals surface area contributed by atoms with Crippen molar-refractivity contribution in [3.63, 3.8) is 0 Å². The molecule has 1 aliphatic carbocycles. The molecule has 1 saturated heterocycles. The minimum atomic E-state index is 0. The molecule has 3 unspecified atom stereocenters. The molecule has 0 bridgehead atoms. The molecule has 0 aromatic heterocycles. The first-order valence-corrected chi connectivity index (χ1v) is 8.90. The Labute approximate surface area is 142 Å². The molecule has 3 N–H and O–H groups in total. The van der Waals surface area contributed by atoms with Gasteiger partial charge in [0.05, 0.1) is 0 Å². The van der Waals surface area contributed by atoms with Crippen molar-refractivity contribution in [3.8, 4) is 0 Å². The summed E-state index contributed by atoms with van der Waals surface area (Å²) < 4.78 is 0. The van der Waals surface area contributed by atoms with E-state index in [0.717, 1.165) is 18.4 Å². The zero-order valence-corrected chi connectivity index (χ0v) is 14.9. The van der Waals surface area contributed by atoms with Crippen LogP contribution in [0, 0.1) is 11.8 Å². The highest BCUT2D eigenvalue weighted by atomic mass is 35.5. The van der Waals surface area contributed by atoms with E-state index in [-0.39, 0.29) is 18.3 Å². The van der Waals surface area contributed by atoms with E-state index < -0.39 is 0 Å². The number of rotatable bonds is 6. The van der Waals surface area contributed by atoms with Crippen LogP contribution in [0.3, 0.4) is 0 Å². The third-order valence-corrected chi connectivity index (χ3v) is 5.19. The lowest BCUT2D eigenvalue weighted by Gasteiger charge is -2.39. The lowest BCUT2D eigenvalue weighted by molar-refractivity contribution is -0.121. The van der Waals surface area contributed by atoms with Gasteiger partial charge >= 0.3 is 0 Å². The summed E-state index contributed by atoms with van der Waals surface area (Å²) in [6, 6.07) is 0.540. The Balaban J connectivity index is 0.00000242. The summed E-state index contributed by atoms with van der Waals surface area (Å²) in [5.41, 5.74) is 5.43. The van der Waals surface area contributed by atoms with Crippen molar-refractivity contribution < 1.29 is 4.79 Å². The molecule has 2 aliphatic rings. The van der Waals surface area contributed by atoms with Crippen LogP contribution in [0.15, 0.2) is 0 Å². The highest BCUT2D eigenvalue weighted by Gasteiger charge is 2.27. The van der Waals surface area contributed by atoms with E-state index in [2.05, 4.69) is 17.1 Å². The van der Waals surface area contributed by atoms with Crippen molar-refractivity contribution in [2.24, 2.45) is 17.6 Å². The fourth-order valence-corrected chi connectivity index (χ4v) is 4.04. The van der Waals surface area contributed by atoms with E-state index in [0.29, 0.717) is 19.0 Å². The minimum absolute atomic E-state index is 0. The molecule has 1 aliphatic heterocycles. The van der Waals surface area contributed by atoms with Gasteiger partial charge in [0.1, 0.15) is 0 Å². The summed E-state index contributed by atoms with van der Waals surface area (Å²) in [4.78, 5) is 14.3. The predicted octanol–water partition coefficient (Wildman–Crippen LogP) is 2.55. The van der Waals surface area contributed by atoms with E-state index >= 15 is 0 Å². The van der Waals surface area contributed by atoms with E-state index in [1.54, 1.807) is 0 Å². The Bertz CT molecular complexity index is 327. The van der Waals surface area contributed by atoms with Gasteiger partial charge < -0.3 is 11.1 Å². The first kappa shape index (κ1) is 19.7. The van der Waals surface area contributed by atoms with Crippen LogP contribution in [-0.4, -0.2) is 43.0 Å². The van der Waals surface area contributed by atoms with Gasteiger partial charge in [-0.25, -0.2) is 0 Å².